The summed E-state index contributed by atoms with van der Waals surface area (Å²) in [4.78, 5) is 26.8. The van der Waals surface area contributed by atoms with Gasteiger partial charge in [0.15, 0.2) is 11.6 Å². The molecule has 22 heavy (non-hydrogen) atoms. The van der Waals surface area contributed by atoms with Gasteiger partial charge in [-0.25, -0.2) is 8.78 Å². The van der Waals surface area contributed by atoms with Crippen LogP contribution in [0.15, 0.2) is 18.2 Å². The lowest BCUT2D eigenvalue weighted by atomic mass is 10.3. The summed E-state index contributed by atoms with van der Waals surface area (Å²) in [6, 6.07) is 3.15. The van der Waals surface area contributed by atoms with E-state index >= 15 is 0 Å². The molecule has 7 heteroatoms. The van der Waals surface area contributed by atoms with Crippen LogP contribution in [-0.4, -0.2) is 55.3 Å². The van der Waals surface area contributed by atoms with Crippen LogP contribution in [-0.2, 0) is 9.59 Å². The molecule has 1 aromatic rings. The van der Waals surface area contributed by atoms with Gasteiger partial charge in [0.1, 0.15) is 0 Å². The lowest BCUT2D eigenvalue weighted by Crippen LogP contribution is -2.41. The van der Waals surface area contributed by atoms with Gasteiger partial charge in [-0.15, -0.1) is 0 Å². The zero-order chi connectivity index (χ0) is 16.7. The lowest BCUT2D eigenvalue weighted by molar-refractivity contribution is -0.130. The van der Waals surface area contributed by atoms with Gasteiger partial charge in [-0.1, -0.05) is 6.92 Å². The number of halogens is 2. The molecule has 0 spiro atoms. The molecule has 0 saturated carbocycles. The third-order valence-corrected chi connectivity index (χ3v) is 2.97. The fourth-order valence-electron chi connectivity index (χ4n) is 1.84. The van der Waals surface area contributed by atoms with Crippen LogP contribution in [0, 0.1) is 11.6 Å². The summed E-state index contributed by atoms with van der Waals surface area (Å²) >= 11 is 0. The molecule has 0 fully saturated rings. The van der Waals surface area contributed by atoms with E-state index in [4.69, 9.17) is 0 Å². The van der Waals surface area contributed by atoms with Crippen LogP contribution >= 0.6 is 0 Å². The molecule has 0 aliphatic rings. The fraction of sp³-hybridized carbons (Fsp3) is 0.467. The first kappa shape index (κ1) is 18.0. The first-order valence-corrected chi connectivity index (χ1v) is 7.01. The van der Waals surface area contributed by atoms with Crippen LogP contribution in [0.1, 0.15) is 13.3 Å². The normalized spacial score (nSPS) is 10.6. The van der Waals surface area contributed by atoms with Gasteiger partial charge in [0.05, 0.1) is 13.1 Å². The van der Waals surface area contributed by atoms with Crippen molar-refractivity contribution in [1.82, 2.24) is 9.80 Å². The molecule has 5 nitrogen and oxygen atoms in total. The van der Waals surface area contributed by atoms with Gasteiger partial charge >= 0.3 is 0 Å². The Balaban J connectivity index is 2.62. The Kier molecular flexibility index (Phi) is 6.91. The molecule has 0 aromatic heterocycles. The number of anilines is 1. The SMILES string of the molecule is CCCN(CC(=O)Nc1ccc(F)c(F)c1)CC(=O)N(C)C. The number of hydrogen-bond donors (Lipinski definition) is 1. The third-order valence-electron chi connectivity index (χ3n) is 2.97. The average Bonchev–Trinajstić information content (AvgIpc) is 2.42. The first-order valence-electron chi connectivity index (χ1n) is 7.01. The van der Waals surface area contributed by atoms with E-state index < -0.39 is 11.6 Å². The molecule has 2 amide bonds. The van der Waals surface area contributed by atoms with Crippen LogP contribution in [0.4, 0.5) is 14.5 Å². The summed E-state index contributed by atoms with van der Waals surface area (Å²) in [7, 11) is 3.29. The van der Waals surface area contributed by atoms with Crippen LogP contribution in [0.2, 0.25) is 0 Å². The second kappa shape index (κ2) is 8.43. The van der Waals surface area contributed by atoms with Crippen molar-refractivity contribution in [2.75, 3.05) is 39.0 Å². The predicted octanol–water partition coefficient (Wildman–Crippen LogP) is 1.70. The average molecular weight is 313 g/mol. The van der Waals surface area contributed by atoms with Gasteiger partial charge in [-0.05, 0) is 25.1 Å². The number of likely N-dealkylation sites (N-methyl/N-ethyl adjacent to an activating group) is 1. The summed E-state index contributed by atoms with van der Waals surface area (Å²) in [6.45, 7) is 2.67. The Morgan fingerprint density at radius 2 is 1.82 bits per heavy atom. The molecule has 0 radical (unpaired) electrons. The molecule has 0 heterocycles. The first-order chi connectivity index (χ1) is 10.3. The second-order valence-electron chi connectivity index (χ2n) is 5.18. The topological polar surface area (TPSA) is 52.7 Å². The van der Waals surface area contributed by atoms with Gasteiger partial charge < -0.3 is 10.2 Å². The van der Waals surface area contributed by atoms with Crippen LogP contribution in [0.25, 0.3) is 0 Å². The van der Waals surface area contributed by atoms with E-state index in [1.807, 2.05) is 6.92 Å². The standard InChI is InChI=1S/C15H21F2N3O2/c1-4-7-20(10-15(22)19(2)3)9-14(21)18-11-5-6-12(16)13(17)8-11/h5-6,8H,4,7,9-10H2,1-3H3,(H,18,21). The number of rotatable bonds is 7. The molecule has 1 N–H and O–H groups in total. The number of nitrogens with zero attached hydrogens (tertiary/aromatic N) is 2. The number of hydrogen-bond acceptors (Lipinski definition) is 3. The Labute approximate surface area is 128 Å². The Hall–Kier alpha value is -2.02. The quantitative estimate of drug-likeness (QED) is 0.834. The second-order valence-corrected chi connectivity index (χ2v) is 5.18. The summed E-state index contributed by atoms with van der Waals surface area (Å²) in [5, 5.41) is 2.49. The predicted molar refractivity (Wildman–Crippen MR) is 80.4 cm³/mol. The van der Waals surface area contributed by atoms with Crippen molar-refractivity contribution in [3.63, 3.8) is 0 Å². The molecule has 0 atom stereocenters. The van der Waals surface area contributed by atoms with Gasteiger partial charge in [-0.2, -0.15) is 0 Å². The van der Waals surface area contributed by atoms with Crippen molar-refractivity contribution in [2.24, 2.45) is 0 Å². The Morgan fingerprint density at radius 3 is 2.36 bits per heavy atom. The Morgan fingerprint density at radius 1 is 1.14 bits per heavy atom. The molecule has 0 saturated heterocycles. The lowest BCUT2D eigenvalue weighted by Gasteiger charge is -2.22. The van der Waals surface area contributed by atoms with Crippen LogP contribution in [0.3, 0.4) is 0 Å². The number of benzene rings is 1. The summed E-state index contributed by atoms with van der Waals surface area (Å²) in [6.07, 6.45) is 0.791. The number of carbonyl (C=O) groups excluding carboxylic acids is 2. The minimum absolute atomic E-state index is 0.00636. The van der Waals surface area contributed by atoms with Crippen molar-refractivity contribution in [3.05, 3.63) is 29.8 Å². The number of carbonyl (C=O) groups is 2. The molecular formula is C15H21F2N3O2. The van der Waals surface area contributed by atoms with E-state index in [0.29, 0.717) is 6.54 Å². The maximum absolute atomic E-state index is 13.1. The highest BCUT2D eigenvalue weighted by molar-refractivity contribution is 5.92. The van der Waals surface area contributed by atoms with Gasteiger partial charge in [0.25, 0.3) is 0 Å². The highest BCUT2D eigenvalue weighted by atomic mass is 19.2. The van der Waals surface area contributed by atoms with Crippen molar-refractivity contribution in [2.45, 2.75) is 13.3 Å². The summed E-state index contributed by atoms with van der Waals surface area (Å²) in [5.74, 6) is -2.48. The largest absolute Gasteiger partial charge is 0.348 e. The monoisotopic (exact) mass is 313 g/mol. The fourth-order valence-corrected chi connectivity index (χ4v) is 1.84. The molecule has 0 aliphatic carbocycles. The van der Waals surface area contributed by atoms with Crippen molar-refractivity contribution in [1.29, 1.82) is 0 Å². The van der Waals surface area contributed by atoms with Gasteiger partial charge in [0, 0.05) is 25.8 Å². The smallest absolute Gasteiger partial charge is 0.238 e. The minimum atomic E-state index is -1.02. The molecule has 1 aromatic carbocycles. The van der Waals surface area contributed by atoms with E-state index in [2.05, 4.69) is 5.32 Å². The molecule has 122 valence electrons. The van der Waals surface area contributed by atoms with Gasteiger partial charge in [-0.3, -0.25) is 14.5 Å². The van der Waals surface area contributed by atoms with Crippen LogP contribution in [0.5, 0.6) is 0 Å². The molecule has 0 bridgehead atoms. The van der Waals surface area contributed by atoms with Crippen LogP contribution < -0.4 is 5.32 Å². The molecule has 0 unspecified atom stereocenters. The molecule has 1 rings (SSSR count). The Bertz CT molecular complexity index is 536. The maximum atomic E-state index is 13.1. The van der Waals surface area contributed by atoms with E-state index in [1.165, 1.54) is 11.0 Å². The highest BCUT2D eigenvalue weighted by Gasteiger charge is 2.15. The highest BCUT2D eigenvalue weighted by Crippen LogP contribution is 2.13. The number of nitrogens with one attached hydrogen (secondary N) is 1. The minimum Gasteiger partial charge on any atom is -0.348 e. The van der Waals surface area contributed by atoms with Crippen molar-refractivity contribution >= 4 is 17.5 Å². The van der Waals surface area contributed by atoms with E-state index in [-0.39, 0.29) is 30.6 Å². The number of amides is 2. The zero-order valence-electron chi connectivity index (χ0n) is 13.0. The van der Waals surface area contributed by atoms with E-state index in [1.54, 1.807) is 19.0 Å². The maximum Gasteiger partial charge on any atom is 0.238 e. The zero-order valence-corrected chi connectivity index (χ0v) is 13.0. The van der Waals surface area contributed by atoms with Crippen molar-refractivity contribution < 1.29 is 18.4 Å². The third kappa shape index (κ3) is 5.77. The van der Waals surface area contributed by atoms with E-state index in [0.717, 1.165) is 18.6 Å². The summed E-state index contributed by atoms with van der Waals surface area (Å²) < 4.78 is 25.9. The molecular weight excluding hydrogens is 292 g/mol. The summed E-state index contributed by atoms with van der Waals surface area (Å²) in [5.41, 5.74) is 0.180. The van der Waals surface area contributed by atoms with Gasteiger partial charge in [0.2, 0.25) is 11.8 Å². The van der Waals surface area contributed by atoms with Crippen molar-refractivity contribution in [3.8, 4) is 0 Å². The molecule has 0 aliphatic heterocycles. The van der Waals surface area contributed by atoms with E-state index in [9.17, 15) is 18.4 Å².